The Bertz CT molecular complexity index is 1840. The minimum atomic E-state index is -0.398. The second kappa shape index (κ2) is 13.9. The van der Waals surface area contributed by atoms with Gasteiger partial charge in [-0.25, -0.2) is 14.4 Å². The first-order valence-corrected chi connectivity index (χ1v) is 16.6. The van der Waals surface area contributed by atoms with Gasteiger partial charge in [-0.2, -0.15) is 0 Å². The molecule has 7 nitrogen and oxygen atoms in total. The van der Waals surface area contributed by atoms with E-state index < -0.39 is 10.5 Å². The van der Waals surface area contributed by atoms with Gasteiger partial charge in [0.2, 0.25) is 5.91 Å². The first kappa shape index (κ1) is 31.0. The van der Waals surface area contributed by atoms with Crippen LogP contribution in [0, 0.1) is 5.82 Å². The highest BCUT2D eigenvalue weighted by Crippen LogP contribution is 2.37. The van der Waals surface area contributed by atoms with Gasteiger partial charge in [-0.1, -0.05) is 54.1 Å². The lowest BCUT2D eigenvalue weighted by Gasteiger charge is -2.20. The van der Waals surface area contributed by atoms with E-state index in [1.54, 1.807) is 24.3 Å². The fraction of sp³-hybridized carbons (Fsp3) is 0.257. The number of hydrogen-bond acceptors (Lipinski definition) is 5. The van der Waals surface area contributed by atoms with Gasteiger partial charge >= 0.3 is 0 Å². The molecule has 2 atom stereocenters. The van der Waals surface area contributed by atoms with E-state index in [0.717, 1.165) is 35.7 Å². The fourth-order valence-electron chi connectivity index (χ4n) is 5.49. The summed E-state index contributed by atoms with van der Waals surface area (Å²) in [7, 11) is 3.74. The maximum Gasteiger partial charge on any atom is 0.226 e. The van der Waals surface area contributed by atoms with Crippen LogP contribution in [0.5, 0.6) is 5.75 Å². The zero-order chi connectivity index (χ0) is 31.3. The number of hydrogen-bond donors (Lipinski definition) is 0. The third-order valence-corrected chi connectivity index (χ3v) is 10.1. The summed E-state index contributed by atoms with van der Waals surface area (Å²) in [6.45, 7) is 2.43. The Labute approximate surface area is 270 Å². The average Bonchev–Trinajstić information content (AvgIpc) is 3.70. The van der Waals surface area contributed by atoms with E-state index in [0.29, 0.717) is 46.5 Å². The lowest BCUT2D eigenvalue weighted by Crippen LogP contribution is -2.34. The van der Waals surface area contributed by atoms with E-state index >= 15 is 0 Å². The maximum absolute atomic E-state index is 13.5. The molecule has 0 N–H and O–H groups in total. The van der Waals surface area contributed by atoms with Crippen LogP contribution in [0.2, 0.25) is 5.02 Å². The summed E-state index contributed by atoms with van der Waals surface area (Å²) in [5, 5.41) is 5.75. The molecular weight excluding hydrogens is 609 g/mol. The Morgan fingerprint density at radius 3 is 2.71 bits per heavy atom. The van der Waals surface area contributed by atoms with E-state index in [9.17, 15) is 9.18 Å². The Balaban J connectivity index is 1.27. The van der Waals surface area contributed by atoms with E-state index in [2.05, 4.69) is 52.5 Å². The second-order valence-corrected chi connectivity index (χ2v) is 13.5. The Morgan fingerprint density at radius 2 is 1.96 bits per heavy atom. The van der Waals surface area contributed by atoms with Crippen molar-refractivity contribution < 1.29 is 13.9 Å². The van der Waals surface area contributed by atoms with Gasteiger partial charge in [0.25, 0.3) is 0 Å². The number of benzene rings is 3. The van der Waals surface area contributed by atoms with Crippen molar-refractivity contribution in [2.24, 2.45) is 4.99 Å². The molecule has 2 aliphatic rings. The highest BCUT2D eigenvalue weighted by molar-refractivity contribution is 8.18. The molecule has 2 unspecified atom stereocenters. The van der Waals surface area contributed by atoms with Crippen molar-refractivity contribution in [3.8, 4) is 5.75 Å². The second-order valence-electron chi connectivity index (χ2n) is 11.3. The third-order valence-electron chi connectivity index (χ3n) is 7.97. The number of likely N-dealkylation sites (tertiary alicyclic amines) is 1. The molecule has 1 fully saturated rings. The predicted molar refractivity (Wildman–Crippen MR) is 179 cm³/mol. The standard InChI is InChI=1S/C35H35ClFN5O2S/c1-40(2)29-13-16-41(22-29)33(43)15-18-45-17-14-30-34(38-24-42(35(30)45)21-25-7-4-3-5-8-25)39-28-11-12-32(31(36)20-28)44-23-26-9-6-10-27(37)19-26/h3-12,14,17-20,24,29H,13,15-16,21-23H2,1-2H3. The minimum Gasteiger partial charge on any atom is -0.487 e. The van der Waals surface area contributed by atoms with Crippen molar-refractivity contribution in [1.82, 2.24) is 19.4 Å². The van der Waals surface area contributed by atoms with Gasteiger partial charge in [-0.05, 0) is 78.8 Å². The monoisotopic (exact) mass is 643 g/mol. The van der Waals surface area contributed by atoms with Crippen LogP contribution in [0.15, 0.2) is 94.6 Å². The molecule has 1 amide bonds. The molecule has 3 heterocycles. The summed E-state index contributed by atoms with van der Waals surface area (Å²) < 4.78 is 21.5. The van der Waals surface area contributed by atoms with Crippen molar-refractivity contribution in [3.63, 3.8) is 0 Å². The maximum atomic E-state index is 13.5. The molecule has 0 bridgehead atoms. The molecule has 6 rings (SSSR count). The molecule has 0 aliphatic carbocycles. The molecule has 45 heavy (non-hydrogen) atoms. The van der Waals surface area contributed by atoms with Crippen molar-refractivity contribution in [2.45, 2.75) is 37.1 Å². The van der Waals surface area contributed by atoms with Crippen molar-refractivity contribution in [2.75, 3.05) is 27.2 Å². The summed E-state index contributed by atoms with van der Waals surface area (Å²) >= 11 is 6.56. The Kier molecular flexibility index (Phi) is 9.59. The lowest BCUT2D eigenvalue weighted by atomic mass is 10.2. The molecule has 0 saturated carbocycles. The van der Waals surface area contributed by atoms with Gasteiger partial charge in [0.05, 0.1) is 28.5 Å². The molecular formula is C35H35ClFN5O2S. The van der Waals surface area contributed by atoms with E-state index in [1.165, 1.54) is 12.1 Å². The highest BCUT2D eigenvalue weighted by Gasteiger charge is 2.27. The molecule has 2 aliphatic heterocycles. The van der Waals surface area contributed by atoms with Crippen LogP contribution in [0.3, 0.4) is 0 Å². The number of amides is 1. The van der Waals surface area contributed by atoms with E-state index in [1.807, 2.05) is 35.5 Å². The number of rotatable bonds is 9. The number of ether oxygens (including phenoxy) is 1. The van der Waals surface area contributed by atoms with Crippen LogP contribution < -0.4 is 10.2 Å². The van der Waals surface area contributed by atoms with Crippen molar-refractivity contribution in [1.29, 1.82) is 0 Å². The third kappa shape index (κ3) is 7.44. The summed E-state index contributed by atoms with van der Waals surface area (Å²) in [5.74, 6) is 0.342. The van der Waals surface area contributed by atoms with Crippen LogP contribution in [0.4, 0.5) is 10.1 Å². The first-order chi connectivity index (χ1) is 21.8. The number of carbonyl (C=O) groups is 1. The van der Waals surface area contributed by atoms with Crippen LogP contribution in [-0.2, 0) is 17.9 Å². The van der Waals surface area contributed by atoms with Crippen LogP contribution in [-0.4, -0.2) is 63.9 Å². The fourth-order valence-corrected chi connectivity index (χ4v) is 7.52. The first-order valence-electron chi connectivity index (χ1n) is 14.9. The zero-order valence-electron chi connectivity index (χ0n) is 25.3. The average molecular weight is 644 g/mol. The molecule has 10 heteroatoms. The molecule has 3 aromatic carbocycles. The number of likely N-dealkylation sites (N-methyl/N-ethyl adjacent to an activating group) is 1. The summed E-state index contributed by atoms with van der Waals surface area (Å²) in [4.78, 5) is 26.9. The molecule has 1 aromatic heterocycles. The van der Waals surface area contributed by atoms with Crippen LogP contribution >= 0.6 is 22.1 Å². The van der Waals surface area contributed by atoms with E-state index in [-0.39, 0.29) is 18.3 Å². The van der Waals surface area contributed by atoms with Gasteiger partial charge in [-0.3, -0.25) is 4.79 Å². The molecule has 4 aromatic rings. The quantitative estimate of drug-likeness (QED) is 0.154. The number of halogens is 2. The van der Waals surface area contributed by atoms with Gasteiger partial charge in [0.15, 0.2) is 5.49 Å². The summed E-state index contributed by atoms with van der Waals surface area (Å²) in [6.07, 6.45) is 5.26. The highest BCUT2D eigenvalue weighted by atomic mass is 35.5. The van der Waals surface area contributed by atoms with Crippen molar-refractivity contribution >= 4 is 45.1 Å². The summed E-state index contributed by atoms with van der Waals surface area (Å²) in [5.41, 5.74) is 4.02. The normalized spacial score (nSPS) is 17.8. The number of carbonyl (C=O) groups excluding carboxylic acids is 1. The van der Waals surface area contributed by atoms with Gasteiger partial charge in [0.1, 0.15) is 18.2 Å². The Morgan fingerprint density at radius 1 is 1.13 bits per heavy atom. The molecule has 232 valence electrons. The Hall–Kier alpha value is -4.05. The van der Waals surface area contributed by atoms with Gasteiger partial charge < -0.3 is 19.1 Å². The molecule has 0 radical (unpaired) electrons. The SMILES string of the molecule is CN(C)C1CCN(C(=O)CC=S2C=Cc3c2n(Cc2ccccc2)cnc3=Nc2ccc(OCc3cccc(F)c3)c(Cl)c2)C1. The minimum absolute atomic E-state index is 0.164. The topological polar surface area (TPSA) is 63.0 Å². The van der Waals surface area contributed by atoms with Crippen molar-refractivity contribution in [3.05, 3.63) is 118 Å². The van der Waals surface area contributed by atoms with Gasteiger partial charge in [0, 0.05) is 31.2 Å². The number of aromatic nitrogens is 2. The summed E-state index contributed by atoms with van der Waals surface area (Å²) in [6, 6.07) is 22.3. The number of nitrogens with zero attached hydrogens (tertiary/aromatic N) is 5. The van der Waals surface area contributed by atoms with Crippen LogP contribution in [0.25, 0.3) is 6.08 Å². The van der Waals surface area contributed by atoms with Crippen LogP contribution in [0.1, 0.15) is 29.5 Å². The predicted octanol–water partition coefficient (Wildman–Crippen LogP) is 6.50. The lowest BCUT2D eigenvalue weighted by molar-refractivity contribution is -0.128. The molecule has 1 saturated heterocycles. The number of fused-ring (bicyclic) bond motifs is 1. The van der Waals surface area contributed by atoms with E-state index in [4.69, 9.17) is 26.3 Å². The van der Waals surface area contributed by atoms with Gasteiger partial charge in [-0.15, -0.1) is 10.5 Å². The molecule has 0 spiro atoms. The largest absolute Gasteiger partial charge is 0.487 e. The zero-order valence-corrected chi connectivity index (χ0v) is 26.8. The smallest absolute Gasteiger partial charge is 0.226 e.